The highest BCUT2D eigenvalue weighted by Gasteiger charge is 2.24. The van der Waals surface area contributed by atoms with Crippen molar-refractivity contribution < 1.29 is 14.3 Å². The smallest absolute Gasteiger partial charge is 0.264 e. The van der Waals surface area contributed by atoms with Gasteiger partial charge in [-0.15, -0.1) is 11.3 Å². The number of piperazine rings is 1. The number of β-amino-alcohol motifs (C(OH)–C–C–N with tert-alkyl or cyclic N) is 1. The van der Waals surface area contributed by atoms with Crippen molar-refractivity contribution >= 4 is 17.2 Å². The van der Waals surface area contributed by atoms with Crippen LogP contribution in [-0.4, -0.2) is 53.5 Å². The minimum atomic E-state index is -0.614. The monoisotopic (exact) mass is 320 g/mol. The van der Waals surface area contributed by atoms with Gasteiger partial charge >= 0.3 is 0 Å². The Hall–Kier alpha value is -1.63. The van der Waals surface area contributed by atoms with Crippen LogP contribution in [0.25, 0.3) is 0 Å². The number of aliphatic hydroxyl groups is 1. The Bertz CT molecular complexity index is 615. The fraction of sp³-hybridized carbons (Fsp3) is 0.438. The molecule has 0 saturated carbocycles. The molecule has 1 aliphatic rings. The third-order valence-corrected chi connectivity index (χ3v) is 4.94. The number of furan rings is 1. The minimum Gasteiger partial charge on any atom is -0.467 e. The van der Waals surface area contributed by atoms with E-state index in [1.807, 2.05) is 23.3 Å². The summed E-state index contributed by atoms with van der Waals surface area (Å²) in [6.45, 7) is 5.47. The van der Waals surface area contributed by atoms with Crippen LogP contribution >= 0.6 is 11.3 Å². The first-order valence-corrected chi connectivity index (χ1v) is 8.29. The molecule has 3 heterocycles. The zero-order chi connectivity index (χ0) is 15.5. The molecule has 0 spiro atoms. The van der Waals surface area contributed by atoms with Crippen molar-refractivity contribution in [2.45, 2.75) is 13.0 Å². The van der Waals surface area contributed by atoms with Crippen LogP contribution in [0, 0.1) is 6.92 Å². The molecule has 118 valence electrons. The summed E-state index contributed by atoms with van der Waals surface area (Å²) in [6.07, 6.45) is 0.954. The average molecular weight is 320 g/mol. The fourth-order valence-corrected chi connectivity index (χ4v) is 3.51. The van der Waals surface area contributed by atoms with E-state index in [4.69, 9.17) is 4.42 Å². The maximum atomic E-state index is 12.4. The quantitative estimate of drug-likeness (QED) is 0.938. The van der Waals surface area contributed by atoms with E-state index in [-0.39, 0.29) is 5.91 Å². The number of carbonyl (C=O) groups excluding carboxylic acids is 1. The first kappa shape index (κ1) is 15.3. The van der Waals surface area contributed by atoms with Crippen molar-refractivity contribution in [2.24, 2.45) is 0 Å². The van der Waals surface area contributed by atoms with Crippen LogP contribution in [0.1, 0.15) is 27.1 Å². The molecule has 5 nitrogen and oxygen atoms in total. The summed E-state index contributed by atoms with van der Waals surface area (Å²) >= 11 is 1.50. The van der Waals surface area contributed by atoms with E-state index >= 15 is 0 Å². The molecule has 2 aromatic heterocycles. The average Bonchev–Trinajstić information content (AvgIpc) is 3.18. The highest BCUT2D eigenvalue weighted by Crippen LogP contribution is 2.19. The van der Waals surface area contributed by atoms with Crippen molar-refractivity contribution in [3.05, 3.63) is 46.0 Å². The number of rotatable bonds is 4. The van der Waals surface area contributed by atoms with Gasteiger partial charge in [0.1, 0.15) is 11.9 Å². The van der Waals surface area contributed by atoms with Gasteiger partial charge in [0.05, 0.1) is 11.1 Å². The highest BCUT2D eigenvalue weighted by molar-refractivity contribution is 7.12. The lowest BCUT2D eigenvalue weighted by atomic mass is 10.2. The maximum Gasteiger partial charge on any atom is 0.264 e. The molecule has 0 aliphatic carbocycles. The van der Waals surface area contributed by atoms with Gasteiger partial charge in [-0.3, -0.25) is 9.69 Å². The van der Waals surface area contributed by atoms with Crippen LogP contribution in [0.2, 0.25) is 0 Å². The number of hydrogen-bond donors (Lipinski definition) is 1. The number of hydrogen-bond acceptors (Lipinski definition) is 5. The van der Waals surface area contributed by atoms with E-state index in [0.717, 1.165) is 23.5 Å². The number of nitrogens with zero attached hydrogens (tertiary/aromatic N) is 2. The van der Waals surface area contributed by atoms with Crippen LogP contribution < -0.4 is 0 Å². The summed E-state index contributed by atoms with van der Waals surface area (Å²) in [5.74, 6) is 0.705. The zero-order valence-electron chi connectivity index (χ0n) is 12.6. The molecular weight excluding hydrogens is 300 g/mol. The van der Waals surface area contributed by atoms with E-state index < -0.39 is 6.10 Å². The minimum absolute atomic E-state index is 0.115. The molecule has 0 bridgehead atoms. The van der Waals surface area contributed by atoms with Crippen LogP contribution in [0.15, 0.2) is 34.3 Å². The van der Waals surface area contributed by atoms with Gasteiger partial charge in [-0.2, -0.15) is 0 Å². The van der Waals surface area contributed by atoms with Gasteiger partial charge in [-0.1, -0.05) is 0 Å². The van der Waals surface area contributed by atoms with E-state index in [9.17, 15) is 9.90 Å². The second-order valence-electron chi connectivity index (χ2n) is 5.61. The first-order valence-electron chi connectivity index (χ1n) is 7.42. The van der Waals surface area contributed by atoms with Gasteiger partial charge in [-0.25, -0.2) is 0 Å². The van der Waals surface area contributed by atoms with Crippen LogP contribution in [0.4, 0.5) is 0 Å². The second-order valence-corrected chi connectivity index (χ2v) is 6.52. The molecule has 2 aromatic rings. The predicted octanol–water partition coefficient (Wildman–Crippen LogP) is 2.14. The van der Waals surface area contributed by atoms with Crippen LogP contribution in [0.3, 0.4) is 0 Å². The Morgan fingerprint density at radius 2 is 2.18 bits per heavy atom. The van der Waals surface area contributed by atoms with Crippen molar-refractivity contribution in [3.63, 3.8) is 0 Å². The number of aliphatic hydroxyl groups excluding tert-OH is 1. The molecular formula is C16H20N2O3S. The molecule has 0 aromatic carbocycles. The molecule has 1 amide bonds. The first-order chi connectivity index (χ1) is 10.6. The van der Waals surface area contributed by atoms with Crippen LogP contribution in [0.5, 0.6) is 0 Å². The van der Waals surface area contributed by atoms with Gasteiger partial charge in [0, 0.05) is 32.7 Å². The molecule has 1 unspecified atom stereocenters. The fourth-order valence-electron chi connectivity index (χ4n) is 2.65. The predicted molar refractivity (Wildman–Crippen MR) is 85.1 cm³/mol. The lowest BCUT2D eigenvalue weighted by Gasteiger charge is -2.35. The number of carbonyl (C=O) groups is 1. The molecule has 0 radical (unpaired) electrons. The van der Waals surface area contributed by atoms with Crippen molar-refractivity contribution in [2.75, 3.05) is 32.7 Å². The SMILES string of the molecule is Cc1csc(C(=O)N2CCN(CC(O)c3ccco3)CC2)c1. The summed E-state index contributed by atoms with van der Waals surface area (Å²) in [5.41, 5.74) is 1.13. The molecule has 1 N–H and O–H groups in total. The lowest BCUT2D eigenvalue weighted by Crippen LogP contribution is -2.49. The van der Waals surface area contributed by atoms with Crippen LogP contribution in [-0.2, 0) is 0 Å². The topological polar surface area (TPSA) is 56.9 Å². The zero-order valence-corrected chi connectivity index (χ0v) is 13.4. The van der Waals surface area contributed by atoms with E-state index in [2.05, 4.69) is 4.90 Å². The Balaban J connectivity index is 1.51. The normalized spacial score (nSPS) is 17.6. The highest BCUT2D eigenvalue weighted by atomic mass is 32.1. The Labute approximate surface area is 133 Å². The van der Waals surface area contributed by atoms with Gasteiger partial charge in [0.15, 0.2) is 0 Å². The molecule has 3 rings (SSSR count). The summed E-state index contributed by atoms with van der Waals surface area (Å²) in [4.78, 5) is 17.2. The summed E-state index contributed by atoms with van der Waals surface area (Å²) in [5, 5.41) is 12.1. The van der Waals surface area contributed by atoms with Gasteiger partial charge < -0.3 is 14.4 Å². The Morgan fingerprint density at radius 3 is 2.77 bits per heavy atom. The van der Waals surface area contributed by atoms with Gasteiger partial charge in [0.2, 0.25) is 0 Å². The van der Waals surface area contributed by atoms with Crippen molar-refractivity contribution in [1.29, 1.82) is 0 Å². The molecule has 1 fully saturated rings. The van der Waals surface area contributed by atoms with Gasteiger partial charge in [-0.05, 0) is 36.1 Å². The third kappa shape index (κ3) is 3.40. The van der Waals surface area contributed by atoms with Crippen molar-refractivity contribution in [1.82, 2.24) is 9.80 Å². The largest absolute Gasteiger partial charge is 0.467 e. The van der Waals surface area contributed by atoms with Gasteiger partial charge in [0.25, 0.3) is 5.91 Å². The Kier molecular flexibility index (Phi) is 4.61. The number of aryl methyl sites for hydroxylation is 1. The summed E-state index contributed by atoms with van der Waals surface area (Å²) in [6, 6.07) is 5.50. The molecule has 1 atom stereocenters. The van der Waals surface area contributed by atoms with E-state index in [0.29, 0.717) is 25.4 Å². The van der Waals surface area contributed by atoms with Crippen molar-refractivity contribution in [3.8, 4) is 0 Å². The summed E-state index contributed by atoms with van der Waals surface area (Å²) in [7, 11) is 0. The second kappa shape index (κ2) is 6.64. The number of amides is 1. The summed E-state index contributed by atoms with van der Waals surface area (Å²) < 4.78 is 5.22. The molecule has 22 heavy (non-hydrogen) atoms. The van der Waals surface area contributed by atoms with E-state index in [1.54, 1.807) is 18.4 Å². The lowest BCUT2D eigenvalue weighted by molar-refractivity contribution is 0.0489. The third-order valence-electron chi connectivity index (χ3n) is 3.90. The standard InChI is InChI=1S/C16H20N2O3S/c1-12-9-15(22-11-12)16(20)18-6-4-17(5-7-18)10-13(19)14-3-2-8-21-14/h2-3,8-9,11,13,19H,4-7,10H2,1H3. The maximum absolute atomic E-state index is 12.4. The molecule has 6 heteroatoms. The Morgan fingerprint density at radius 1 is 1.41 bits per heavy atom. The molecule has 1 saturated heterocycles. The van der Waals surface area contributed by atoms with E-state index in [1.165, 1.54) is 11.3 Å². The molecule has 1 aliphatic heterocycles. The number of thiophene rings is 1.